The fourth-order valence-electron chi connectivity index (χ4n) is 7.12. The molecule has 262 valence electrons. The number of benzene rings is 2. The Morgan fingerprint density at radius 2 is 1.04 bits per heavy atom. The first-order valence-electron chi connectivity index (χ1n) is 17.0. The van der Waals surface area contributed by atoms with Crippen LogP contribution in [0.4, 0.5) is 0 Å². The standard InChI is InChI=1S/C36H36N8O7/c45-32-17-24(11-13-26(32)35(48)49)42-19-30(38-40-42)28-15-21(34(47)44(22-7-3-1-4-8-22)23-9-5-2-6-10-23)16-29(37-28)31-20-43(41-39-31)25-12-14-27(36(50)51)33(46)18-25/h11-20,22-23,45-46H,1-10H2,(H,48,49)(H,50,51). The Kier molecular flexibility index (Phi) is 9.17. The number of phenols is 2. The summed E-state index contributed by atoms with van der Waals surface area (Å²) in [4.78, 5) is 44.4. The number of pyridine rings is 1. The number of rotatable bonds is 9. The number of hydrogen-bond donors (Lipinski definition) is 4. The maximum Gasteiger partial charge on any atom is 0.339 e. The van der Waals surface area contributed by atoms with E-state index in [1.165, 1.54) is 45.8 Å². The van der Waals surface area contributed by atoms with Gasteiger partial charge in [-0.25, -0.2) is 23.9 Å². The van der Waals surface area contributed by atoms with Crippen molar-refractivity contribution in [3.05, 3.63) is 77.6 Å². The summed E-state index contributed by atoms with van der Waals surface area (Å²) in [5.41, 5.74) is 1.93. The minimum Gasteiger partial charge on any atom is -0.507 e. The molecule has 0 saturated heterocycles. The van der Waals surface area contributed by atoms with Crippen LogP contribution >= 0.6 is 0 Å². The number of amides is 1. The van der Waals surface area contributed by atoms with Gasteiger partial charge in [0.2, 0.25) is 0 Å². The second-order valence-electron chi connectivity index (χ2n) is 13.0. The van der Waals surface area contributed by atoms with E-state index in [0.29, 0.717) is 39.7 Å². The summed E-state index contributed by atoms with van der Waals surface area (Å²) >= 11 is 0. The van der Waals surface area contributed by atoms with Gasteiger partial charge in [0.15, 0.2) is 0 Å². The van der Waals surface area contributed by atoms with Crippen molar-refractivity contribution < 1.29 is 34.8 Å². The molecule has 0 unspecified atom stereocenters. The minimum atomic E-state index is -1.27. The molecule has 0 atom stereocenters. The number of carboxylic acids is 2. The molecular weight excluding hydrogens is 656 g/mol. The highest BCUT2D eigenvalue weighted by atomic mass is 16.4. The summed E-state index contributed by atoms with van der Waals surface area (Å²) in [5.74, 6) is -3.48. The Morgan fingerprint density at radius 1 is 0.608 bits per heavy atom. The Morgan fingerprint density at radius 3 is 1.43 bits per heavy atom. The van der Waals surface area contributed by atoms with Crippen molar-refractivity contribution in [1.29, 1.82) is 0 Å². The quantitative estimate of drug-likeness (QED) is 0.151. The zero-order valence-corrected chi connectivity index (χ0v) is 27.6. The van der Waals surface area contributed by atoms with Gasteiger partial charge in [-0.05, 0) is 62.1 Å². The maximum absolute atomic E-state index is 14.7. The molecule has 0 bridgehead atoms. The van der Waals surface area contributed by atoms with Gasteiger partial charge in [0.05, 0.1) is 35.2 Å². The molecule has 2 aliphatic carbocycles. The molecule has 2 aromatic carbocycles. The highest BCUT2D eigenvalue weighted by molar-refractivity contribution is 5.97. The average Bonchev–Trinajstić information content (AvgIpc) is 3.84. The molecule has 0 spiro atoms. The smallest absolute Gasteiger partial charge is 0.339 e. The number of aromatic carboxylic acids is 2. The van der Waals surface area contributed by atoms with Gasteiger partial charge in [-0.3, -0.25) is 4.79 Å². The topological polar surface area (TPSA) is 210 Å². The molecule has 2 fully saturated rings. The molecule has 4 N–H and O–H groups in total. The number of carbonyl (C=O) groups is 3. The molecule has 15 heteroatoms. The van der Waals surface area contributed by atoms with Gasteiger partial charge in [0.25, 0.3) is 5.91 Å². The van der Waals surface area contributed by atoms with Crippen LogP contribution in [0, 0.1) is 0 Å². The maximum atomic E-state index is 14.7. The fourth-order valence-corrected chi connectivity index (χ4v) is 7.12. The van der Waals surface area contributed by atoms with Crippen molar-refractivity contribution in [3.63, 3.8) is 0 Å². The lowest BCUT2D eigenvalue weighted by Gasteiger charge is -2.42. The molecule has 15 nitrogen and oxygen atoms in total. The Balaban J connectivity index is 1.30. The zero-order valence-electron chi connectivity index (χ0n) is 27.6. The molecule has 1 amide bonds. The number of nitrogens with zero attached hydrogens (tertiary/aromatic N) is 8. The highest BCUT2D eigenvalue weighted by Gasteiger charge is 2.34. The third-order valence-corrected chi connectivity index (χ3v) is 9.71. The summed E-state index contributed by atoms with van der Waals surface area (Å²) in [6.07, 6.45) is 13.6. The van der Waals surface area contributed by atoms with Crippen molar-refractivity contribution in [1.82, 2.24) is 39.9 Å². The molecule has 2 saturated carbocycles. The van der Waals surface area contributed by atoms with E-state index in [-0.39, 0.29) is 29.1 Å². The van der Waals surface area contributed by atoms with E-state index in [1.807, 2.05) is 0 Å². The summed E-state index contributed by atoms with van der Waals surface area (Å²) in [7, 11) is 0. The van der Waals surface area contributed by atoms with Gasteiger partial charge in [-0.1, -0.05) is 49.0 Å². The van der Waals surface area contributed by atoms with Crippen LogP contribution in [-0.4, -0.2) is 90.2 Å². The second kappa shape index (κ2) is 14.0. The van der Waals surface area contributed by atoms with Crippen LogP contribution in [0.15, 0.2) is 60.9 Å². The van der Waals surface area contributed by atoms with Gasteiger partial charge in [0.1, 0.15) is 34.0 Å². The SMILES string of the molecule is O=C(O)c1ccc(-n2cc(-c3cc(C(=O)N(C4CCCCC4)C4CCCCC4)cc(-c4cn(-c5ccc(C(=O)O)c(O)c5)nn4)n3)nn2)cc1O. The van der Waals surface area contributed by atoms with E-state index >= 15 is 0 Å². The van der Waals surface area contributed by atoms with E-state index in [1.54, 1.807) is 24.5 Å². The Bertz CT molecular complexity index is 1980. The van der Waals surface area contributed by atoms with Gasteiger partial charge < -0.3 is 25.3 Å². The Hall–Kier alpha value is -6.12. The van der Waals surface area contributed by atoms with Gasteiger partial charge in [-0.15, -0.1) is 10.2 Å². The molecule has 7 rings (SSSR count). The normalized spacial score (nSPS) is 15.5. The average molecular weight is 693 g/mol. The van der Waals surface area contributed by atoms with Crippen LogP contribution in [0.5, 0.6) is 11.5 Å². The van der Waals surface area contributed by atoms with Crippen molar-refractivity contribution in [2.45, 2.75) is 76.3 Å². The van der Waals surface area contributed by atoms with Gasteiger partial charge in [0, 0.05) is 29.8 Å². The van der Waals surface area contributed by atoms with Gasteiger partial charge in [-0.2, -0.15) is 0 Å². The number of aromatic nitrogens is 7. The van der Waals surface area contributed by atoms with Crippen LogP contribution in [0.2, 0.25) is 0 Å². The predicted octanol–water partition coefficient (Wildman–Crippen LogP) is 5.49. The number of carbonyl (C=O) groups excluding carboxylic acids is 1. The molecule has 0 aliphatic heterocycles. The first-order chi connectivity index (χ1) is 24.7. The summed E-state index contributed by atoms with van der Waals surface area (Å²) in [6, 6.07) is 11.7. The molecule has 3 heterocycles. The van der Waals surface area contributed by atoms with E-state index in [2.05, 4.69) is 25.5 Å². The van der Waals surface area contributed by atoms with Crippen LogP contribution in [0.3, 0.4) is 0 Å². The lowest BCUT2D eigenvalue weighted by Crippen LogP contribution is -2.48. The van der Waals surface area contributed by atoms with Crippen molar-refractivity contribution in [3.8, 4) is 45.6 Å². The lowest BCUT2D eigenvalue weighted by molar-refractivity contribution is 0.0448. The molecule has 5 aromatic rings. The largest absolute Gasteiger partial charge is 0.507 e. The highest BCUT2D eigenvalue weighted by Crippen LogP contribution is 2.33. The monoisotopic (exact) mass is 692 g/mol. The first-order valence-corrected chi connectivity index (χ1v) is 17.0. The van der Waals surface area contributed by atoms with E-state index < -0.39 is 23.4 Å². The van der Waals surface area contributed by atoms with Gasteiger partial charge >= 0.3 is 11.9 Å². The fraction of sp³-hybridized carbons (Fsp3) is 0.333. The molecular formula is C36H36N8O7. The van der Waals surface area contributed by atoms with E-state index in [0.717, 1.165) is 64.2 Å². The Labute approximate surface area is 291 Å². The second-order valence-corrected chi connectivity index (χ2v) is 13.0. The molecule has 0 radical (unpaired) electrons. The van der Waals surface area contributed by atoms with Crippen LogP contribution < -0.4 is 0 Å². The summed E-state index contributed by atoms with van der Waals surface area (Å²) in [5, 5.41) is 56.1. The third kappa shape index (κ3) is 6.87. The summed E-state index contributed by atoms with van der Waals surface area (Å²) in [6.45, 7) is 0. The molecule has 51 heavy (non-hydrogen) atoms. The van der Waals surface area contributed by atoms with Crippen LogP contribution in [-0.2, 0) is 0 Å². The lowest BCUT2D eigenvalue weighted by atomic mass is 9.88. The van der Waals surface area contributed by atoms with Crippen molar-refractivity contribution in [2.75, 3.05) is 0 Å². The number of hydrogen-bond acceptors (Lipinski definition) is 10. The van der Waals surface area contributed by atoms with Crippen LogP contribution in [0.25, 0.3) is 34.2 Å². The van der Waals surface area contributed by atoms with E-state index in [9.17, 15) is 34.8 Å². The minimum absolute atomic E-state index is 0.0955. The van der Waals surface area contributed by atoms with E-state index in [4.69, 9.17) is 4.98 Å². The van der Waals surface area contributed by atoms with Crippen LogP contribution in [0.1, 0.15) is 95.3 Å². The van der Waals surface area contributed by atoms with Crippen molar-refractivity contribution >= 4 is 17.8 Å². The number of carboxylic acid groups (broad SMARTS) is 2. The zero-order chi connectivity index (χ0) is 35.6. The number of aromatic hydroxyl groups is 2. The summed E-state index contributed by atoms with van der Waals surface area (Å²) < 4.78 is 2.74. The predicted molar refractivity (Wildman–Crippen MR) is 182 cm³/mol. The first kappa shape index (κ1) is 33.4. The molecule has 3 aromatic heterocycles. The van der Waals surface area contributed by atoms with Crippen molar-refractivity contribution in [2.24, 2.45) is 0 Å². The molecule has 2 aliphatic rings. The third-order valence-electron chi connectivity index (χ3n) is 9.71.